The molecule has 0 saturated carbocycles. The van der Waals surface area contributed by atoms with E-state index >= 15 is 0 Å². The van der Waals surface area contributed by atoms with Crippen molar-refractivity contribution in [3.05, 3.63) is 29.6 Å². The second-order valence-electron chi connectivity index (χ2n) is 6.14. The summed E-state index contributed by atoms with van der Waals surface area (Å²) in [4.78, 5) is 2.39. The number of benzene rings is 1. The first-order chi connectivity index (χ1) is 9.06. The second-order valence-corrected chi connectivity index (χ2v) is 6.14. The summed E-state index contributed by atoms with van der Waals surface area (Å²) in [6, 6.07) is 5.18. The van der Waals surface area contributed by atoms with Gasteiger partial charge in [0.25, 0.3) is 0 Å². The van der Waals surface area contributed by atoms with E-state index in [2.05, 4.69) is 31.0 Å². The summed E-state index contributed by atoms with van der Waals surface area (Å²) in [6.45, 7) is 10.5. The van der Waals surface area contributed by atoms with Gasteiger partial charge < -0.3 is 10.2 Å². The number of halogens is 1. The predicted molar refractivity (Wildman–Crippen MR) is 78.9 cm³/mol. The van der Waals surface area contributed by atoms with Crippen molar-refractivity contribution in [2.45, 2.75) is 33.7 Å². The molecule has 2 nitrogen and oxygen atoms in total. The first kappa shape index (κ1) is 14.3. The molecule has 0 radical (unpaired) electrons. The molecule has 1 aromatic carbocycles. The summed E-state index contributed by atoms with van der Waals surface area (Å²) in [5.41, 5.74) is 2.27. The Balaban J connectivity index is 2.09. The zero-order valence-electron chi connectivity index (χ0n) is 12.2. The molecule has 0 aromatic heterocycles. The average molecular weight is 264 g/mol. The normalized spacial score (nSPS) is 19.4. The Morgan fingerprint density at radius 3 is 2.84 bits per heavy atom. The Kier molecular flexibility index (Phi) is 4.81. The van der Waals surface area contributed by atoms with E-state index in [1.807, 2.05) is 6.07 Å². The maximum absolute atomic E-state index is 13.5. The lowest BCUT2D eigenvalue weighted by Gasteiger charge is -2.22. The molecule has 1 heterocycles. The number of nitrogens with one attached hydrogen (secondary N) is 1. The van der Waals surface area contributed by atoms with Crippen molar-refractivity contribution >= 4 is 5.69 Å². The van der Waals surface area contributed by atoms with Crippen molar-refractivity contribution in [2.75, 3.05) is 24.5 Å². The summed E-state index contributed by atoms with van der Waals surface area (Å²) < 4.78 is 13.5. The van der Waals surface area contributed by atoms with Crippen molar-refractivity contribution in [3.8, 4) is 0 Å². The summed E-state index contributed by atoms with van der Waals surface area (Å²) in [5, 5.41) is 3.41. The SMILES string of the molecule is CC(C)CNCc1cc(F)ccc1N1CCC(C)C1. The zero-order valence-corrected chi connectivity index (χ0v) is 12.2. The molecule has 0 bridgehead atoms. The van der Waals surface area contributed by atoms with Crippen LogP contribution in [-0.4, -0.2) is 19.6 Å². The Morgan fingerprint density at radius 1 is 1.42 bits per heavy atom. The fourth-order valence-corrected chi connectivity index (χ4v) is 2.65. The minimum atomic E-state index is -0.141. The van der Waals surface area contributed by atoms with Gasteiger partial charge in [-0.25, -0.2) is 4.39 Å². The van der Waals surface area contributed by atoms with Crippen molar-refractivity contribution in [2.24, 2.45) is 11.8 Å². The first-order valence-electron chi connectivity index (χ1n) is 7.30. The van der Waals surface area contributed by atoms with Gasteiger partial charge in [0.1, 0.15) is 5.82 Å². The Labute approximate surface area is 116 Å². The maximum Gasteiger partial charge on any atom is 0.123 e. The van der Waals surface area contributed by atoms with E-state index in [0.717, 1.165) is 37.7 Å². The monoisotopic (exact) mass is 264 g/mol. The summed E-state index contributed by atoms with van der Waals surface area (Å²) in [6.07, 6.45) is 1.23. The van der Waals surface area contributed by atoms with Gasteiger partial charge in [0.15, 0.2) is 0 Å². The van der Waals surface area contributed by atoms with Crippen molar-refractivity contribution in [1.29, 1.82) is 0 Å². The molecule has 1 aliphatic heterocycles. The van der Waals surface area contributed by atoms with Gasteiger partial charge in [-0.3, -0.25) is 0 Å². The van der Waals surface area contributed by atoms with E-state index in [9.17, 15) is 4.39 Å². The molecule has 1 N–H and O–H groups in total. The minimum Gasteiger partial charge on any atom is -0.371 e. The third-order valence-electron chi connectivity index (χ3n) is 3.67. The fraction of sp³-hybridized carbons (Fsp3) is 0.625. The van der Waals surface area contributed by atoms with Crippen LogP contribution in [0.4, 0.5) is 10.1 Å². The number of hydrogen-bond acceptors (Lipinski definition) is 2. The molecular weight excluding hydrogens is 239 g/mol. The molecule has 1 unspecified atom stereocenters. The van der Waals surface area contributed by atoms with Crippen LogP contribution >= 0.6 is 0 Å². The van der Waals surface area contributed by atoms with E-state index in [-0.39, 0.29) is 5.82 Å². The number of hydrogen-bond donors (Lipinski definition) is 1. The van der Waals surface area contributed by atoms with Crippen LogP contribution < -0.4 is 10.2 Å². The smallest absolute Gasteiger partial charge is 0.123 e. The number of nitrogens with zero attached hydrogens (tertiary/aromatic N) is 1. The molecule has 1 atom stereocenters. The lowest BCUT2D eigenvalue weighted by molar-refractivity contribution is 0.549. The van der Waals surface area contributed by atoms with Gasteiger partial charge in [-0.15, -0.1) is 0 Å². The quantitative estimate of drug-likeness (QED) is 0.876. The Morgan fingerprint density at radius 2 is 2.21 bits per heavy atom. The Bertz CT molecular complexity index is 417. The fourth-order valence-electron chi connectivity index (χ4n) is 2.65. The summed E-state index contributed by atoms with van der Waals surface area (Å²) >= 11 is 0. The van der Waals surface area contributed by atoms with Gasteiger partial charge >= 0.3 is 0 Å². The largest absolute Gasteiger partial charge is 0.371 e. The Hall–Kier alpha value is -1.09. The second kappa shape index (κ2) is 6.38. The van der Waals surface area contributed by atoms with E-state index in [1.54, 1.807) is 12.1 Å². The summed E-state index contributed by atoms with van der Waals surface area (Å²) in [5.74, 6) is 1.21. The van der Waals surface area contributed by atoms with Crippen molar-refractivity contribution in [3.63, 3.8) is 0 Å². The van der Waals surface area contributed by atoms with Crippen LogP contribution in [0.5, 0.6) is 0 Å². The van der Waals surface area contributed by atoms with Gasteiger partial charge in [-0.2, -0.15) is 0 Å². The van der Waals surface area contributed by atoms with Crippen LogP contribution in [0.3, 0.4) is 0 Å². The van der Waals surface area contributed by atoms with Crippen molar-refractivity contribution < 1.29 is 4.39 Å². The van der Waals surface area contributed by atoms with E-state index in [4.69, 9.17) is 0 Å². The molecule has 1 aliphatic rings. The van der Waals surface area contributed by atoms with Crippen molar-refractivity contribution in [1.82, 2.24) is 5.32 Å². The molecule has 0 spiro atoms. The summed E-state index contributed by atoms with van der Waals surface area (Å²) in [7, 11) is 0. The molecule has 0 aliphatic carbocycles. The van der Waals surface area contributed by atoms with E-state index < -0.39 is 0 Å². The van der Waals surface area contributed by atoms with E-state index in [0.29, 0.717) is 5.92 Å². The van der Waals surface area contributed by atoms with Gasteiger partial charge in [0.05, 0.1) is 0 Å². The molecule has 1 fully saturated rings. The third-order valence-corrected chi connectivity index (χ3v) is 3.67. The van der Waals surface area contributed by atoms with Crippen LogP contribution in [0.1, 0.15) is 32.8 Å². The highest BCUT2D eigenvalue weighted by Crippen LogP contribution is 2.27. The molecule has 0 amide bonds. The highest BCUT2D eigenvalue weighted by atomic mass is 19.1. The van der Waals surface area contributed by atoms with Crippen LogP contribution in [0.15, 0.2) is 18.2 Å². The molecule has 1 aromatic rings. The molecule has 3 heteroatoms. The highest BCUT2D eigenvalue weighted by Gasteiger charge is 2.21. The third kappa shape index (κ3) is 3.93. The predicted octanol–water partition coefficient (Wildman–Crippen LogP) is 3.42. The highest BCUT2D eigenvalue weighted by molar-refractivity contribution is 5.54. The minimum absolute atomic E-state index is 0.141. The molecular formula is C16H25FN2. The molecule has 19 heavy (non-hydrogen) atoms. The average Bonchev–Trinajstić information content (AvgIpc) is 2.75. The first-order valence-corrected chi connectivity index (χ1v) is 7.30. The number of rotatable bonds is 5. The lowest BCUT2D eigenvalue weighted by Crippen LogP contribution is -2.24. The van der Waals surface area contributed by atoms with E-state index in [1.165, 1.54) is 12.1 Å². The van der Waals surface area contributed by atoms with Crippen LogP contribution in [0.2, 0.25) is 0 Å². The lowest BCUT2D eigenvalue weighted by atomic mass is 10.1. The zero-order chi connectivity index (χ0) is 13.8. The number of anilines is 1. The van der Waals surface area contributed by atoms with Gasteiger partial charge in [-0.05, 0) is 48.6 Å². The maximum atomic E-state index is 13.5. The topological polar surface area (TPSA) is 15.3 Å². The standard InChI is InChI=1S/C16H25FN2/c1-12(2)9-18-10-14-8-15(17)4-5-16(14)19-7-6-13(3)11-19/h4-5,8,12-13,18H,6-7,9-11H2,1-3H3. The van der Waals surface area contributed by atoms with Gasteiger partial charge in [0, 0.05) is 25.3 Å². The van der Waals surface area contributed by atoms with Crippen LogP contribution in [0, 0.1) is 17.7 Å². The molecule has 106 valence electrons. The van der Waals surface area contributed by atoms with Gasteiger partial charge in [0.2, 0.25) is 0 Å². The van der Waals surface area contributed by atoms with Crippen LogP contribution in [-0.2, 0) is 6.54 Å². The van der Waals surface area contributed by atoms with Crippen LogP contribution in [0.25, 0.3) is 0 Å². The molecule has 1 saturated heterocycles. The molecule has 2 rings (SSSR count). The van der Waals surface area contributed by atoms with Gasteiger partial charge in [-0.1, -0.05) is 20.8 Å².